The van der Waals surface area contributed by atoms with Crippen LogP contribution in [0.2, 0.25) is 0 Å². The zero-order valence-electron chi connectivity index (χ0n) is 14.5. The summed E-state index contributed by atoms with van der Waals surface area (Å²) in [5.74, 6) is -0.0876. The fourth-order valence-electron chi connectivity index (χ4n) is 3.79. The summed E-state index contributed by atoms with van der Waals surface area (Å²) in [4.78, 5) is 14.2. The average molecular weight is 374 g/mol. The summed E-state index contributed by atoms with van der Waals surface area (Å²) in [7, 11) is -3.49. The first-order chi connectivity index (χ1) is 12.6. The average Bonchev–Trinajstić information content (AvgIpc) is 3.31. The Morgan fingerprint density at radius 2 is 2.04 bits per heavy atom. The molecule has 1 aromatic heterocycles. The number of hydrogen-bond donors (Lipinski definition) is 0. The molecule has 0 bridgehead atoms. The highest BCUT2D eigenvalue weighted by Gasteiger charge is 2.39. The van der Waals surface area contributed by atoms with Gasteiger partial charge in [0, 0.05) is 32.0 Å². The number of carbonyl (C=O) groups excluding carboxylic acids is 1. The molecule has 2 aliphatic rings. The minimum atomic E-state index is -3.49. The number of aromatic nitrogens is 2. The first-order valence-electron chi connectivity index (χ1n) is 8.90. The fraction of sp³-hybridized carbons (Fsp3) is 0.444. The van der Waals surface area contributed by atoms with E-state index in [1.807, 2.05) is 24.3 Å². The van der Waals surface area contributed by atoms with Crippen molar-refractivity contribution in [1.29, 1.82) is 0 Å². The molecule has 1 saturated heterocycles. The quantitative estimate of drug-likeness (QED) is 0.808. The molecule has 0 radical (unpaired) electrons. The lowest BCUT2D eigenvalue weighted by molar-refractivity contribution is -0.132. The van der Waals surface area contributed by atoms with Gasteiger partial charge in [-0.1, -0.05) is 18.2 Å². The third kappa shape index (κ3) is 3.09. The summed E-state index contributed by atoms with van der Waals surface area (Å²) in [5.41, 5.74) is 1.85. The molecule has 0 spiro atoms. The Kier molecular flexibility index (Phi) is 4.44. The molecule has 0 unspecified atom stereocenters. The highest BCUT2D eigenvalue weighted by atomic mass is 32.2. The highest BCUT2D eigenvalue weighted by Crippen LogP contribution is 2.33. The van der Waals surface area contributed by atoms with E-state index in [9.17, 15) is 13.2 Å². The topological polar surface area (TPSA) is 75.5 Å². The van der Waals surface area contributed by atoms with Gasteiger partial charge in [-0.3, -0.25) is 13.8 Å². The first kappa shape index (κ1) is 17.1. The van der Waals surface area contributed by atoms with Crippen LogP contribution < -0.4 is 4.31 Å². The Morgan fingerprint density at radius 3 is 2.85 bits per heavy atom. The van der Waals surface area contributed by atoms with Gasteiger partial charge >= 0.3 is 0 Å². The van der Waals surface area contributed by atoms with Gasteiger partial charge in [0.25, 0.3) is 0 Å². The van der Waals surface area contributed by atoms with Gasteiger partial charge in [-0.2, -0.15) is 5.10 Å². The van der Waals surface area contributed by atoms with E-state index in [1.165, 1.54) is 4.31 Å². The molecule has 3 heterocycles. The van der Waals surface area contributed by atoms with E-state index in [-0.39, 0.29) is 19.0 Å². The minimum Gasteiger partial charge on any atom is -0.340 e. The van der Waals surface area contributed by atoms with Crippen molar-refractivity contribution in [3.63, 3.8) is 0 Å². The summed E-state index contributed by atoms with van der Waals surface area (Å²) >= 11 is 0. The molecule has 1 atom stereocenters. The molecule has 0 aliphatic carbocycles. The molecule has 26 heavy (non-hydrogen) atoms. The maximum atomic E-state index is 13.2. The highest BCUT2D eigenvalue weighted by molar-refractivity contribution is 7.93. The standard InChI is InChI=1S/C18H22N4O3S/c23-18(14-21-11-4-9-19-21)20-10-3-6-16(13-20)26(24,25)22-12-8-15-5-1-2-7-17(15)22/h1-2,4-5,7,9,11,16H,3,6,8,10,12-14H2/t16-/m1/s1. The molecule has 2 aromatic rings. The SMILES string of the molecule is O=C(Cn1cccn1)N1CCC[C@@H](S(=O)(=O)N2CCc3ccccc32)C1. The largest absolute Gasteiger partial charge is 0.340 e. The van der Waals surface area contributed by atoms with Gasteiger partial charge in [-0.15, -0.1) is 0 Å². The molecule has 0 saturated carbocycles. The molecule has 138 valence electrons. The van der Waals surface area contributed by atoms with Crippen LogP contribution in [0, 0.1) is 0 Å². The Labute approximate surface area is 153 Å². The zero-order valence-corrected chi connectivity index (χ0v) is 15.3. The number of anilines is 1. The fourth-order valence-corrected chi connectivity index (χ4v) is 5.78. The van der Waals surface area contributed by atoms with Crippen molar-refractivity contribution in [3.8, 4) is 0 Å². The van der Waals surface area contributed by atoms with Crippen LogP contribution in [0.1, 0.15) is 18.4 Å². The number of carbonyl (C=O) groups is 1. The molecule has 4 rings (SSSR count). The van der Waals surface area contributed by atoms with Crippen LogP contribution in [0.25, 0.3) is 0 Å². The zero-order chi connectivity index (χ0) is 18.1. The van der Waals surface area contributed by atoms with Crippen LogP contribution in [-0.4, -0.2) is 53.9 Å². The lowest BCUT2D eigenvalue weighted by atomic mass is 10.1. The van der Waals surface area contributed by atoms with Crippen molar-refractivity contribution in [2.75, 3.05) is 23.9 Å². The number of rotatable bonds is 4. The number of nitrogens with zero attached hydrogens (tertiary/aromatic N) is 4. The van der Waals surface area contributed by atoms with Gasteiger partial charge in [-0.05, 0) is 37.0 Å². The van der Waals surface area contributed by atoms with Crippen LogP contribution in [0.4, 0.5) is 5.69 Å². The number of sulfonamides is 1. The summed E-state index contributed by atoms with van der Waals surface area (Å²) in [6, 6.07) is 9.41. The molecule has 8 heteroatoms. The number of hydrogen-bond acceptors (Lipinski definition) is 4. The second kappa shape index (κ2) is 6.75. The molecule has 2 aliphatic heterocycles. The lowest BCUT2D eigenvalue weighted by Crippen LogP contribution is -2.50. The monoisotopic (exact) mass is 374 g/mol. The van der Waals surface area contributed by atoms with E-state index in [2.05, 4.69) is 5.10 Å². The van der Waals surface area contributed by atoms with Gasteiger partial charge in [0.2, 0.25) is 15.9 Å². The third-order valence-corrected chi connectivity index (χ3v) is 7.38. The Hall–Kier alpha value is -2.35. The second-order valence-electron chi connectivity index (χ2n) is 6.80. The molecular formula is C18H22N4O3S. The maximum absolute atomic E-state index is 13.2. The number of fused-ring (bicyclic) bond motifs is 1. The van der Waals surface area contributed by atoms with E-state index in [0.717, 1.165) is 17.7 Å². The smallest absolute Gasteiger partial charge is 0.244 e. The molecule has 7 nitrogen and oxygen atoms in total. The van der Waals surface area contributed by atoms with Crippen LogP contribution in [0.5, 0.6) is 0 Å². The number of para-hydroxylation sites is 1. The van der Waals surface area contributed by atoms with E-state index in [4.69, 9.17) is 0 Å². The molecule has 1 amide bonds. The molecule has 1 fully saturated rings. The van der Waals surface area contributed by atoms with Gasteiger partial charge < -0.3 is 4.90 Å². The maximum Gasteiger partial charge on any atom is 0.244 e. The number of benzene rings is 1. The summed E-state index contributed by atoms with van der Waals surface area (Å²) < 4.78 is 29.5. The molecular weight excluding hydrogens is 352 g/mol. The van der Waals surface area contributed by atoms with Crippen LogP contribution in [-0.2, 0) is 27.8 Å². The second-order valence-corrected chi connectivity index (χ2v) is 8.94. The van der Waals surface area contributed by atoms with Gasteiger partial charge in [0.1, 0.15) is 6.54 Å². The Bertz CT molecular complexity index is 895. The van der Waals surface area contributed by atoms with Crippen molar-refractivity contribution in [2.45, 2.75) is 31.1 Å². The third-order valence-electron chi connectivity index (χ3n) is 5.16. The van der Waals surface area contributed by atoms with Crippen LogP contribution >= 0.6 is 0 Å². The van der Waals surface area contributed by atoms with Gasteiger partial charge in [0.15, 0.2) is 0 Å². The minimum absolute atomic E-state index is 0.0876. The normalized spacial score (nSPS) is 20.2. The van der Waals surface area contributed by atoms with Crippen LogP contribution in [0.15, 0.2) is 42.7 Å². The van der Waals surface area contributed by atoms with Crippen molar-refractivity contribution in [3.05, 3.63) is 48.3 Å². The van der Waals surface area contributed by atoms with Crippen LogP contribution in [0.3, 0.4) is 0 Å². The van der Waals surface area contributed by atoms with E-state index < -0.39 is 15.3 Å². The predicted octanol–water partition coefficient (Wildman–Crippen LogP) is 1.27. The molecule has 1 aromatic carbocycles. The lowest BCUT2D eigenvalue weighted by Gasteiger charge is -2.35. The molecule has 0 N–H and O–H groups in total. The van der Waals surface area contributed by atoms with Crippen molar-refractivity contribution >= 4 is 21.6 Å². The van der Waals surface area contributed by atoms with Gasteiger partial charge in [0.05, 0.1) is 10.9 Å². The van der Waals surface area contributed by atoms with E-state index in [1.54, 1.807) is 28.0 Å². The summed E-state index contributed by atoms with van der Waals surface area (Å²) in [6.07, 6.45) is 5.39. The van der Waals surface area contributed by atoms with Crippen molar-refractivity contribution in [2.24, 2.45) is 0 Å². The number of amides is 1. The number of likely N-dealkylation sites (tertiary alicyclic amines) is 1. The van der Waals surface area contributed by atoms with Gasteiger partial charge in [-0.25, -0.2) is 8.42 Å². The Balaban J connectivity index is 1.49. The van der Waals surface area contributed by atoms with Crippen molar-refractivity contribution in [1.82, 2.24) is 14.7 Å². The summed E-state index contributed by atoms with van der Waals surface area (Å²) in [6.45, 7) is 1.48. The predicted molar refractivity (Wildman–Crippen MR) is 98.2 cm³/mol. The van der Waals surface area contributed by atoms with E-state index in [0.29, 0.717) is 25.9 Å². The van der Waals surface area contributed by atoms with Crippen molar-refractivity contribution < 1.29 is 13.2 Å². The summed E-state index contributed by atoms with van der Waals surface area (Å²) in [5, 5.41) is 3.50. The Morgan fingerprint density at radius 1 is 1.19 bits per heavy atom. The van der Waals surface area contributed by atoms with E-state index >= 15 is 0 Å². The number of piperidine rings is 1. The first-order valence-corrected chi connectivity index (χ1v) is 10.4.